The van der Waals surface area contributed by atoms with Crippen molar-refractivity contribution in [1.82, 2.24) is 19.9 Å². The molecule has 0 aromatic carbocycles. The zero-order valence-electron chi connectivity index (χ0n) is 9.43. The molecule has 0 saturated carbocycles. The van der Waals surface area contributed by atoms with E-state index < -0.39 is 0 Å². The Bertz CT molecular complexity index is 422. The lowest BCUT2D eigenvalue weighted by Crippen LogP contribution is -2.13. The molecule has 16 heavy (non-hydrogen) atoms. The molecule has 0 aliphatic heterocycles. The smallest absolute Gasteiger partial charge is 0.0949 e. The molecule has 0 fully saturated rings. The Morgan fingerprint density at radius 2 is 2.19 bits per heavy atom. The van der Waals surface area contributed by atoms with E-state index in [1.54, 1.807) is 12.5 Å². The third-order valence-electron chi connectivity index (χ3n) is 2.32. The lowest BCUT2D eigenvalue weighted by atomic mass is 10.3. The minimum atomic E-state index is 0.778. The van der Waals surface area contributed by atoms with Gasteiger partial charge < -0.3 is 9.88 Å². The van der Waals surface area contributed by atoms with Crippen LogP contribution in [0.5, 0.6) is 0 Å². The Balaban J connectivity index is 2.04. The van der Waals surface area contributed by atoms with Crippen LogP contribution in [0.3, 0.4) is 0 Å². The lowest BCUT2D eigenvalue weighted by molar-refractivity contribution is 0.697. The van der Waals surface area contributed by atoms with Crippen molar-refractivity contribution >= 4 is 0 Å². The first kappa shape index (κ1) is 10.8. The van der Waals surface area contributed by atoms with Crippen molar-refractivity contribution in [2.45, 2.75) is 20.0 Å². The number of hydrogen-bond acceptors (Lipinski definition) is 3. The summed E-state index contributed by atoms with van der Waals surface area (Å²) in [6, 6.07) is 6.13. The van der Waals surface area contributed by atoms with Gasteiger partial charge in [-0.1, -0.05) is 13.0 Å². The van der Waals surface area contributed by atoms with Gasteiger partial charge in [0.1, 0.15) is 0 Å². The van der Waals surface area contributed by atoms with Gasteiger partial charge in [-0.3, -0.25) is 4.98 Å². The Morgan fingerprint density at radius 3 is 2.94 bits per heavy atom. The van der Waals surface area contributed by atoms with Gasteiger partial charge in [-0.25, -0.2) is 4.98 Å². The van der Waals surface area contributed by atoms with Crippen LogP contribution >= 0.6 is 0 Å². The number of imidazole rings is 1. The van der Waals surface area contributed by atoms with E-state index >= 15 is 0 Å². The van der Waals surface area contributed by atoms with Crippen molar-refractivity contribution in [2.75, 3.05) is 6.54 Å². The molecule has 2 aromatic heterocycles. The van der Waals surface area contributed by atoms with E-state index in [4.69, 9.17) is 0 Å². The summed E-state index contributed by atoms with van der Waals surface area (Å²) in [6.07, 6.45) is 5.53. The maximum absolute atomic E-state index is 4.57. The van der Waals surface area contributed by atoms with Crippen molar-refractivity contribution in [2.24, 2.45) is 0 Å². The maximum Gasteiger partial charge on any atom is 0.0949 e. The molecule has 0 amide bonds. The predicted octanol–water partition coefficient (Wildman–Crippen LogP) is 1.44. The summed E-state index contributed by atoms with van der Waals surface area (Å²) in [5.41, 5.74) is 2.15. The van der Waals surface area contributed by atoms with E-state index in [1.807, 2.05) is 29.0 Å². The summed E-state index contributed by atoms with van der Waals surface area (Å²) in [7, 11) is 0. The van der Waals surface area contributed by atoms with Gasteiger partial charge in [-0.15, -0.1) is 0 Å². The molecule has 1 N–H and O–H groups in total. The van der Waals surface area contributed by atoms with Crippen LogP contribution in [-0.4, -0.2) is 21.1 Å². The summed E-state index contributed by atoms with van der Waals surface area (Å²) in [5, 5.41) is 3.27. The largest absolute Gasteiger partial charge is 0.331 e. The molecule has 0 aliphatic rings. The summed E-state index contributed by atoms with van der Waals surface area (Å²) >= 11 is 0. The molecular formula is C12H16N4. The molecule has 0 atom stereocenters. The highest BCUT2D eigenvalue weighted by Gasteiger charge is 1.98. The van der Waals surface area contributed by atoms with Gasteiger partial charge >= 0.3 is 0 Å². The monoisotopic (exact) mass is 216 g/mol. The molecule has 2 heterocycles. The lowest BCUT2D eigenvalue weighted by Gasteiger charge is -2.05. The first-order valence-electron chi connectivity index (χ1n) is 5.49. The number of pyridine rings is 1. The van der Waals surface area contributed by atoms with Crippen LogP contribution < -0.4 is 5.32 Å². The molecular weight excluding hydrogens is 200 g/mol. The first-order chi connectivity index (χ1) is 7.88. The zero-order valence-corrected chi connectivity index (χ0v) is 9.43. The number of nitrogens with one attached hydrogen (secondary N) is 1. The number of aromatic nitrogens is 3. The number of rotatable bonds is 5. The molecule has 0 spiro atoms. The van der Waals surface area contributed by atoms with E-state index in [9.17, 15) is 0 Å². The van der Waals surface area contributed by atoms with Crippen molar-refractivity contribution in [3.8, 4) is 0 Å². The zero-order chi connectivity index (χ0) is 11.2. The van der Waals surface area contributed by atoms with Crippen molar-refractivity contribution in [1.29, 1.82) is 0 Å². The van der Waals surface area contributed by atoms with Gasteiger partial charge in [0.25, 0.3) is 0 Å². The van der Waals surface area contributed by atoms with Crippen LogP contribution in [0.2, 0.25) is 0 Å². The van der Waals surface area contributed by atoms with Crippen LogP contribution in [0, 0.1) is 0 Å². The quantitative estimate of drug-likeness (QED) is 0.822. The Kier molecular flexibility index (Phi) is 3.66. The van der Waals surface area contributed by atoms with E-state index in [1.165, 1.54) is 0 Å². The van der Waals surface area contributed by atoms with Crippen molar-refractivity contribution in [3.63, 3.8) is 0 Å². The van der Waals surface area contributed by atoms with Crippen LogP contribution in [0.4, 0.5) is 0 Å². The van der Waals surface area contributed by atoms with Crippen LogP contribution in [0.1, 0.15) is 18.3 Å². The fourth-order valence-electron chi connectivity index (χ4n) is 1.54. The molecule has 0 bridgehead atoms. The molecule has 2 aromatic rings. The normalized spacial score (nSPS) is 10.6. The van der Waals surface area contributed by atoms with Crippen LogP contribution in [0.25, 0.3) is 0 Å². The highest BCUT2D eigenvalue weighted by molar-refractivity contribution is 5.11. The molecule has 0 radical (unpaired) electrons. The van der Waals surface area contributed by atoms with Gasteiger partial charge in [-0.05, 0) is 18.7 Å². The van der Waals surface area contributed by atoms with Crippen molar-refractivity contribution < 1.29 is 0 Å². The van der Waals surface area contributed by atoms with Crippen LogP contribution in [-0.2, 0) is 13.1 Å². The van der Waals surface area contributed by atoms with E-state index in [2.05, 4.69) is 22.2 Å². The molecule has 0 aliphatic carbocycles. The molecule has 84 valence electrons. The third-order valence-corrected chi connectivity index (χ3v) is 2.32. The van der Waals surface area contributed by atoms with E-state index in [-0.39, 0.29) is 0 Å². The average molecular weight is 216 g/mol. The minimum Gasteiger partial charge on any atom is -0.331 e. The second-order valence-corrected chi connectivity index (χ2v) is 3.64. The second-order valence-electron chi connectivity index (χ2n) is 3.64. The number of nitrogens with zero attached hydrogens (tertiary/aromatic N) is 3. The molecule has 4 heteroatoms. The number of hydrogen-bond donors (Lipinski definition) is 1. The Labute approximate surface area is 95.4 Å². The molecule has 4 nitrogen and oxygen atoms in total. The summed E-state index contributed by atoms with van der Waals surface area (Å²) in [4.78, 5) is 8.59. The van der Waals surface area contributed by atoms with Gasteiger partial charge in [-0.2, -0.15) is 0 Å². The highest BCUT2D eigenvalue weighted by atomic mass is 15.0. The minimum absolute atomic E-state index is 0.778. The molecule has 2 rings (SSSR count). The van der Waals surface area contributed by atoms with Gasteiger partial charge in [0.2, 0.25) is 0 Å². The average Bonchev–Trinajstić information content (AvgIpc) is 2.80. The van der Waals surface area contributed by atoms with E-state index in [0.29, 0.717) is 0 Å². The molecule has 0 saturated heterocycles. The van der Waals surface area contributed by atoms with Crippen molar-refractivity contribution in [3.05, 3.63) is 48.3 Å². The van der Waals surface area contributed by atoms with Crippen LogP contribution in [0.15, 0.2) is 36.9 Å². The van der Waals surface area contributed by atoms with E-state index in [0.717, 1.165) is 31.0 Å². The second kappa shape index (κ2) is 5.42. The Morgan fingerprint density at radius 1 is 1.31 bits per heavy atom. The fraction of sp³-hybridized carbons (Fsp3) is 0.333. The predicted molar refractivity (Wildman–Crippen MR) is 62.9 cm³/mol. The summed E-state index contributed by atoms with van der Waals surface area (Å²) in [5.74, 6) is 0. The summed E-state index contributed by atoms with van der Waals surface area (Å²) < 4.78 is 2.01. The first-order valence-corrected chi connectivity index (χ1v) is 5.49. The molecule has 0 unspecified atom stereocenters. The SMILES string of the molecule is CCNCc1cccc(Cn2ccnc2)n1. The standard InChI is InChI=1S/C12H16N4/c1-2-13-8-11-4-3-5-12(15-11)9-16-7-6-14-10-16/h3-7,10,13H,2,8-9H2,1H3. The fourth-order valence-corrected chi connectivity index (χ4v) is 1.54. The van der Waals surface area contributed by atoms with Gasteiger partial charge in [0.05, 0.1) is 24.3 Å². The topological polar surface area (TPSA) is 42.7 Å². The highest BCUT2D eigenvalue weighted by Crippen LogP contribution is 2.02. The van der Waals surface area contributed by atoms with Gasteiger partial charge in [0, 0.05) is 18.9 Å². The third kappa shape index (κ3) is 2.90. The Hall–Kier alpha value is -1.68. The summed E-state index contributed by atoms with van der Waals surface area (Å²) in [6.45, 7) is 4.66. The maximum atomic E-state index is 4.57. The van der Waals surface area contributed by atoms with Gasteiger partial charge in [0.15, 0.2) is 0 Å².